The Bertz CT molecular complexity index is 765. The van der Waals surface area contributed by atoms with E-state index in [1.807, 2.05) is 30.3 Å². The number of benzene rings is 2. The third-order valence-corrected chi connectivity index (χ3v) is 4.96. The number of amides is 1. The quantitative estimate of drug-likeness (QED) is 0.732. The summed E-state index contributed by atoms with van der Waals surface area (Å²) in [5.74, 6) is 1.48. The van der Waals surface area contributed by atoms with Crippen molar-refractivity contribution < 1.29 is 19.1 Å². The summed E-state index contributed by atoms with van der Waals surface area (Å²) >= 11 is 0. The minimum atomic E-state index is -0.570. The van der Waals surface area contributed by atoms with Gasteiger partial charge in [-0.25, -0.2) is 0 Å². The number of hydrogen-bond acceptors (Lipinski definition) is 4. The number of ether oxygens (including phenoxy) is 2. The van der Waals surface area contributed by atoms with Crippen LogP contribution in [0.1, 0.15) is 30.1 Å². The van der Waals surface area contributed by atoms with Crippen molar-refractivity contribution in [2.75, 3.05) is 20.2 Å². The van der Waals surface area contributed by atoms with E-state index in [4.69, 9.17) is 9.47 Å². The van der Waals surface area contributed by atoms with Crippen molar-refractivity contribution in [2.45, 2.75) is 25.9 Å². The van der Waals surface area contributed by atoms with Crippen molar-refractivity contribution in [3.63, 3.8) is 0 Å². The molecule has 0 saturated carbocycles. The van der Waals surface area contributed by atoms with E-state index in [0.717, 1.165) is 11.3 Å². The molecule has 1 heterocycles. The highest BCUT2D eigenvalue weighted by atomic mass is 16.5. The molecule has 2 aromatic rings. The van der Waals surface area contributed by atoms with Crippen LogP contribution in [-0.2, 0) is 4.79 Å². The fraction of sp³-hybridized carbons (Fsp3) is 0.364. The van der Waals surface area contributed by atoms with E-state index in [1.165, 1.54) is 0 Å². The van der Waals surface area contributed by atoms with Crippen molar-refractivity contribution in [3.05, 3.63) is 60.2 Å². The molecule has 0 aliphatic carbocycles. The van der Waals surface area contributed by atoms with Crippen LogP contribution in [0.2, 0.25) is 0 Å². The monoisotopic (exact) mass is 367 g/mol. The van der Waals surface area contributed by atoms with E-state index in [0.29, 0.717) is 31.7 Å². The molecule has 3 rings (SSSR count). The predicted octanol–water partition coefficient (Wildman–Crippen LogP) is 3.58. The maximum atomic E-state index is 12.7. The summed E-state index contributed by atoms with van der Waals surface area (Å²) in [6.45, 7) is 2.92. The topological polar surface area (TPSA) is 55.8 Å². The third-order valence-electron chi connectivity index (χ3n) is 4.96. The number of carbonyl (C=O) groups excluding carboxylic acids is 2. The molecular weight excluding hydrogens is 342 g/mol. The SMILES string of the molecule is COc1ccc(OC(C)C(=O)N2CCC(C(=O)c3ccccc3)CC2)cc1. The average Bonchev–Trinajstić information content (AvgIpc) is 2.74. The number of rotatable bonds is 6. The summed E-state index contributed by atoms with van der Waals surface area (Å²) in [5.41, 5.74) is 0.749. The fourth-order valence-electron chi connectivity index (χ4n) is 3.37. The van der Waals surface area contributed by atoms with Crippen LogP contribution < -0.4 is 9.47 Å². The molecule has 1 atom stereocenters. The van der Waals surface area contributed by atoms with Crippen molar-refractivity contribution in [2.24, 2.45) is 5.92 Å². The van der Waals surface area contributed by atoms with E-state index < -0.39 is 6.10 Å². The smallest absolute Gasteiger partial charge is 0.263 e. The second kappa shape index (κ2) is 8.71. The zero-order valence-electron chi connectivity index (χ0n) is 15.8. The van der Waals surface area contributed by atoms with Crippen molar-refractivity contribution in [1.82, 2.24) is 4.90 Å². The Morgan fingerprint density at radius 1 is 0.963 bits per heavy atom. The molecule has 1 saturated heterocycles. The molecule has 1 aliphatic rings. The number of carbonyl (C=O) groups is 2. The van der Waals surface area contributed by atoms with Crippen LogP contribution in [0.25, 0.3) is 0 Å². The van der Waals surface area contributed by atoms with Crippen molar-refractivity contribution in [3.8, 4) is 11.5 Å². The fourth-order valence-corrected chi connectivity index (χ4v) is 3.37. The molecule has 0 aromatic heterocycles. The lowest BCUT2D eigenvalue weighted by molar-refractivity contribution is -0.139. The second-order valence-electron chi connectivity index (χ2n) is 6.77. The summed E-state index contributed by atoms with van der Waals surface area (Å²) in [6.07, 6.45) is 0.809. The number of methoxy groups -OCH3 is 1. The zero-order valence-corrected chi connectivity index (χ0v) is 15.8. The maximum Gasteiger partial charge on any atom is 0.263 e. The Morgan fingerprint density at radius 3 is 2.15 bits per heavy atom. The molecule has 1 fully saturated rings. The van der Waals surface area contributed by atoms with Gasteiger partial charge in [-0.1, -0.05) is 30.3 Å². The molecule has 0 N–H and O–H groups in total. The molecule has 0 bridgehead atoms. The average molecular weight is 367 g/mol. The van der Waals surface area contributed by atoms with Crippen molar-refractivity contribution in [1.29, 1.82) is 0 Å². The van der Waals surface area contributed by atoms with Gasteiger partial charge >= 0.3 is 0 Å². The van der Waals surface area contributed by atoms with Crippen LogP contribution in [0.15, 0.2) is 54.6 Å². The van der Waals surface area contributed by atoms with Crippen LogP contribution in [-0.4, -0.2) is 42.9 Å². The Balaban J connectivity index is 1.52. The maximum absolute atomic E-state index is 12.7. The molecule has 27 heavy (non-hydrogen) atoms. The van der Waals surface area contributed by atoms with E-state index in [9.17, 15) is 9.59 Å². The molecule has 2 aromatic carbocycles. The van der Waals surface area contributed by atoms with Gasteiger partial charge in [0.2, 0.25) is 0 Å². The highest BCUT2D eigenvalue weighted by Crippen LogP contribution is 2.23. The molecule has 142 valence electrons. The molecule has 1 aliphatic heterocycles. The molecule has 0 radical (unpaired) electrons. The first-order valence-electron chi connectivity index (χ1n) is 9.27. The Kier molecular flexibility index (Phi) is 6.12. The van der Waals surface area contributed by atoms with Gasteiger partial charge in [0.05, 0.1) is 7.11 Å². The van der Waals surface area contributed by atoms with Gasteiger partial charge < -0.3 is 14.4 Å². The number of hydrogen-bond donors (Lipinski definition) is 0. The first-order valence-corrected chi connectivity index (χ1v) is 9.27. The van der Waals surface area contributed by atoms with Gasteiger partial charge in [0, 0.05) is 24.6 Å². The normalized spacial score (nSPS) is 15.9. The number of Topliss-reactive ketones (excluding diaryl/α,β-unsaturated/α-hetero) is 1. The Labute approximate surface area is 159 Å². The van der Waals surface area contributed by atoms with Gasteiger partial charge in [0.1, 0.15) is 11.5 Å². The Hall–Kier alpha value is -2.82. The van der Waals surface area contributed by atoms with Crippen LogP contribution in [0, 0.1) is 5.92 Å². The first-order chi connectivity index (χ1) is 13.1. The summed E-state index contributed by atoms with van der Waals surface area (Å²) in [4.78, 5) is 27.0. The molecular formula is C22H25NO4. The van der Waals surface area contributed by atoms with Gasteiger partial charge in [0.25, 0.3) is 5.91 Å². The first kappa shape index (κ1) is 19.0. The number of piperidine rings is 1. The lowest BCUT2D eigenvalue weighted by Crippen LogP contribution is -2.45. The number of nitrogens with zero attached hydrogens (tertiary/aromatic N) is 1. The zero-order chi connectivity index (χ0) is 19.2. The molecule has 5 heteroatoms. The van der Waals surface area contributed by atoms with Crippen molar-refractivity contribution >= 4 is 11.7 Å². The summed E-state index contributed by atoms with van der Waals surface area (Å²) in [5, 5.41) is 0. The predicted molar refractivity (Wildman–Crippen MR) is 103 cm³/mol. The molecule has 1 unspecified atom stereocenters. The molecule has 0 spiro atoms. The van der Waals surface area contributed by atoms with E-state index in [-0.39, 0.29) is 17.6 Å². The highest BCUT2D eigenvalue weighted by Gasteiger charge is 2.30. The summed E-state index contributed by atoms with van der Waals surface area (Å²) in [6, 6.07) is 16.5. The van der Waals surface area contributed by atoms with Gasteiger partial charge in [-0.15, -0.1) is 0 Å². The van der Waals surface area contributed by atoms with Crippen LogP contribution in [0.5, 0.6) is 11.5 Å². The van der Waals surface area contributed by atoms with E-state index >= 15 is 0 Å². The lowest BCUT2D eigenvalue weighted by atomic mass is 9.89. The van der Waals surface area contributed by atoms with Crippen LogP contribution in [0.3, 0.4) is 0 Å². The van der Waals surface area contributed by atoms with Gasteiger partial charge in [-0.3, -0.25) is 9.59 Å². The van der Waals surface area contributed by atoms with Crippen LogP contribution >= 0.6 is 0 Å². The summed E-state index contributed by atoms with van der Waals surface area (Å²) < 4.78 is 10.9. The minimum Gasteiger partial charge on any atom is -0.497 e. The standard InChI is InChI=1S/C22H25NO4/c1-16(27-20-10-8-19(26-2)9-11-20)22(25)23-14-12-18(13-15-23)21(24)17-6-4-3-5-7-17/h3-11,16,18H,12-15H2,1-2H3. The minimum absolute atomic E-state index is 0.0192. The van der Waals surface area contributed by atoms with Gasteiger partial charge in [-0.05, 0) is 44.0 Å². The van der Waals surface area contributed by atoms with E-state index in [1.54, 1.807) is 43.2 Å². The van der Waals surface area contributed by atoms with Crippen LogP contribution in [0.4, 0.5) is 0 Å². The number of likely N-dealkylation sites (tertiary alicyclic amines) is 1. The molecule has 1 amide bonds. The van der Waals surface area contributed by atoms with Gasteiger partial charge in [-0.2, -0.15) is 0 Å². The summed E-state index contributed by atoms with van der Waals surface area (Å²) in [7, 11) is 1.61. The van der Waals surface area contributed by atoms with E-state index in [2.05, 4.69) is 0 Å². The highest BCUT2D eigenvalue weighted by molar-refractivity contribution is 5.98. The lowest BCUT2D eigenvalue weighted by Gasteiger charge is -2.33. The number of ketones is 1. The Morgan fingerprint density at radius 2 is 1.56 bits per heavy atom. The largest absolute Gasteiger partial charge is 0.497 e. The second-order valence-corrected chi connectivity index (χ2v) is 6.77. The third kappa shape index (κ3) is 4.67. The van der Waals surface area contributed by atoms with Gasteiger partial charge in [0.15, 0.2) is 11.9 Å². The molecule has 5 nitrogen and oxygen atoms in total.